The van der Waals surface area contributed by atoms with Gasteiger partial charge in [0, 0.05) is 17.5 Å². The van der Waals surface area contributed by atoms with Crippen LogP contribution in [0.15, 0.2) is 41.8 Å². The molecular formula is C18H15FN2O5S. The van der Waals surface area contributed by atoms with Gasteiger partial charge in [-0.2, -0.15) is 0 Å². The Morgan fingerprint density at radius 2 is 2.00 bits per heavy atom. The van der Waals surface area contributed by atoms with Crippen LogP contribution in [0.3, 0.4) is 0 Å². The molecule has 3 aromatic rings. The molecule has 0 fully saturated rings. The highest BCUT2D eigenvalue weighted by Crippen LogP contribution is 2.39. The number of nitro groups is 1. The van der Waals surface area contributed by atoms with E-state index in [0.717, 1.165) is 23.8 Å². The first-order valence-electron chi connectivity index (χ1n) is 7.76. The minimum absolute atomic E-state index is 0.0346. The van der Waals surface area contributed by atoms with Gasteiger partial charge in [0.2, 0.25) is 0 Å². The van der Waals surface area contributed by atoms with E-state index >= 15 is 0 Å². The van der Waals surface area contributed by atoms with Gasteiger partial charge in [-0.3, -0.25) is 10.1 Å². The number of para-hydroxylation sites is 1. The van der Waals surface area contributed by atoms with E-state index in [0.29, 0.717) is 22.2 Å². The number of rotatable bonds is 7. The number of benzene rings is 2. The topological polar surface area (TPSA) is 83.7 Å². The van der Waals surface area contributed by atoms with Crippen molar-refractivity contribution in [2.45, 2.75) is 6.61 Å². The van der Waals surface area contributed by atoms with Crippen LogP contribution in [0.2, 0.25) is 0 Å². The van der Waals surface area contributed by atoms with Gasteiger partial charge in [-0.05, 0) is 18.2 Å². The summed E-state index contributed by atoms with van der Waals surface area (Å²) in [5.74, 6) is 0.380. The molecule has 0 bridgehead atoms. The number of nitrogens with zero attached hydrogens (tertiary/aromatic N) is 2. The number of nitro benzene ring substituents is 1. The lowest BCUT2D eigenvalue weighted by molar-refractivity contribution is -0.386. The minimum Gasteiger partial charge on any atom is -0.493 e. The van der Waals surface area contributed by atoms with Crippen molar-refractivity contribution in [3.8, 4) is 27.8 Å². The average Bonchev–Trinajstić information content (AvgIpc) is 3.14. The van der Waals surface area contributed by atoms with E-state index < -0.39 is 10.7 Å². The third-order valence-corrected chi connectivity index (χ3v) is 4.60. The van der Waals surface area contributed by atoms with Crippen LogP contribution in [0.25, 0.3) is 10.6 Å². The molecular weight excluding hydrogens is 375 g/mol. The molecule has 0 N–H and O–H groups in total. The van der Waals surface area contributed by atoms with Gasteiger partial charge in [-0.1, -0.05) is 6.07 Å². The summed E-state index contributed by atoms with van der Waals surface area (Å²) in [5.41, 5.74) is 1.00. The molecule has 0 aliphatic rings. The second kappa shape index (κ2) is 8.00. The van der Waals surface area contributed by atoms with Crippen molar-refractivity contribution in [3.63, 3.8) is 0 Å². The summed E-state index contributed by atoms with van der Waals surface area (Å²) >= 11 is 1.37. The van der Waals surface area contributed by atoms with E-state index in [1.807, 2.05) is 12.1 Å². The Morgan fingerprint density at radius 1 is 1.19 bits per heavy atom. The zero-order valence-corrected chi connectivity index (χ0v) is 15.3. The predicted molar refractivity (Wildman–Crippen MR) is 98.0 cm³/mol. The highest BCUT2D eigenvalue weighted by atomic mass is 32.1. The molecule has 0 unspecified atom stereocenters. The third kappa shape index (κ3) is 3.98. The number of aromatic nitrogens is 1. The maximum atomic E-state index is 13.4. The van der Waals surface area contributed by atoms with Crippen LogP contribution >= 0.6 is 11.3 Å². The molecule has 140 valence electrons. The standard InChI is InChI=1S/C18H15FN2O5S/c1-24-15-5-3-4-13(17(15)25-2)18-20-12(10-27-18)9-26-16-8-11(19)6-7-14(16)21(22)23/h3-8,10H,9H2,1-2H3. The fraction of sp³-hybridized carbons (Fsp3) is 0.167. The molecule has 2 aromatic carbocycles. The Hall–Kier alpha value is -3.20. The van der Waals surface area contributed by atoms with Crippen LogP contribution < -0.4 is 14.2 Å². The molecule has 0 saturated heterocycles. The quantitative estimate of drug-likeness (QED) is 0.438. The van der Waals surface area contributed by atoms with Crippen molar-refractivity contribution in [2.75, 3.05) is 14.2 Å². The Morgan fingerprint density at radius 3 is 2.70 bits per heavy atom. The minimum atomic E-state index is -0.623. The molecule has 0 radical (unpaired) electrons. The largest absolute Gasteiger partial charge is 0.493 e. The Bertz CT molecular complexity index is 976. The van der Waals surface area contributed by atoms with Crippen LogP contribution in [0.4, 0.5) is 10.1 Å². The van der Waals surface area contributed by atoms with Gasteiger partial charge >= 0.3 is 5.69 Å². The normalized spacial score (nSPS) is 10.5. The summed E-state index contributed by atoms with van der Waals surface area (Å²) in [6, 6.07) is 8.52. The van der Waals surface area contributed by atoms with Crippen LogP contribution in [0, 0.1) is 15.9 Å². The third-order valence-electron chi connectivity index (χ3n) is 3.68. The number of ether oxygens (including phenoxy) is 3. The molecule has 0 saturated carbocycles. The summed E-state index contributed by atoms with van der Waals surface area (Å²) in [6.07, 6.45) is 0. The zero-order chi connectivity index (χ0) is 19.4. The summed E-state index contributed by atoms with van der Waals surface area (Å²) < 4.78 is 29.5. The molecule has 1 heterocycles. The fourth-order valence-electron chi connectivity index (χ4n) is 2.46. The Kier molecular flexibility index (Phi) is 5.51. The molecule has 7 nitrogen and oxygen atoms in total. The van der Waals surface area contributed by atoms with E-state index in [1.165, 1.54) is 11.3 Å². The smallest absolute Gasteiger partial charge is 0.311 e. The van der Waals surface area contributed by atoms with Crippen LogP contribution in [-0.4, -0.2) is 24.1 Å². The SMILES string of the molecule is COc1cccc(-c2nc(COc3cc(F)ccc3[N+](=O)[O-])cs2)c1OC. The zero-order valence-electron chi connectivity index (χ0n) is 14.5. The Balaban J connectivity index is 1.82. The lowest BCUT2D eigenvalue weighted by Crippen LogP contribution is -2.00. The van der Waals surface area contributed by atoms with E-state index in [9.17, 15) is 14.5 Å². The van der Waals surface area contributed by atoms with Gasteiger partial charge in [0.1, 0.15) is 17.4 Å². The maximum absolute atomic E-state index is 13.4. The van der Waals surface area contributed by atoms with Crippen LogP contribution in [0.1, 0.15) is 5.69 Å². The van der Waals surface area contributed by atoms with Gasteiger partial charge < -0.3 is 14.2 Å². The second-order valence-electron chi connectivity index (χ2n) is 5.34. The highest BCUT2D eigenvalue weighted by molar-refractivity contribution is 7.13. The Labute approximate surface area is 158 Å². The van der Waals surface area contributed by atoms with Crippen molar-refractivity contribution < 1.29 is 23.5 Å². The van der Waals surface area contributed by atoms with E-state index in [4.69, 9.17) is 14.2 Å². The number of thiazole rings is 1. The van der Waals surface area contributed by atoms with Gasteiger partial charge in [0.05, 0.1) is 30.4 Å². The molecule has 0 atom stereocenters. The number of methoxy groups -OCH3 is 2. The summed E-state index contributed by atoms with van der Waals surface area (Å²) in [7, 11) is 3.09. The average molecular weight is 390 g/mol. The van der Waals surface area contributed by atoms with Crippen molar-refractivity contribution >= 4 is 17.0 Å². The molecule has 3 rings (SSSR count). The van der Waals surface area contributed by atoms with E-state index in [2.05, 4.69) is 4.98 Å². The van der Waals surface area contributed by atoms with E-state index in [1.54, 1.807) is 25.7 Å². The summed E-state index contributed by atoms with van der Waals surface area (Å²) in [6.45, 7) is -0.0346. The first kappa shape index (κ1) is 18.6. The van der Waals surface area contributed by atoms with Crippen molar-refractivity contribution in [1.82, 2.24) is 4.98 Å². The van der Waals surface area contributed by atoms with Gasteiger partial charge in [0.15, 0.2) is 17.2 Å². The van der Waals surface area contributed by atoms with Crippen LogP contribution in [-0.2, 0) is 6.61 Å². The number of hydrogen-bond donors (Lipinski definition) is 0. The summed E-state index contributed by atoms with van der Waals surface area (Å²) in [5, 5.41) is 13.5. The maximum Gasteiger partial charge on any atom is 0.311 e. The van der Waals surface area contributed by atoms with Crippen molar-refractivity contribution in [3.05, 3.63) is 63.4 Å². The van der Waals surface area contributed by atoms with Crippen molar-refractivity contribution in [1.29, 1.82) is 0 Å². The molecule has 27 heavy (non-hydrogen) atoms. The van der Waals surface area contributed by atoms with Crippen LogP contribution in [0.5, 0.6) is 17.2 Å². The molecule has 9 heteroatoms. The first-order valence-corrected chi connectivity index (χ1v) is 8.64. The predicted octanol–water partition coefficient (Wildman–Crippen LogP) is 4.45. The van der Waals surface area contributed by atoms with Crippen molar-refractivity contribution in [2.24, 2.45) is 0 Å². The second-order valence-corrected chi connectivity index (χ2v) is 6.20. The number of halogens is 1. The van der Waals surface area contributed by atoms with Gasteiger partial charge in [-0.15, -0.1) is 11.3 Å². The first-order chi connectivity index (χ1) is 13.0. The molecule has 0 aliphatic heterocycles. The molecule has 0 spiro atoms. The highest BCUT2D eigenvalue weighted by Gasteiger charge is 2.18. The monoisotopic (exact) mass is 390 g/mol. The molecule has 0 amide bonds. The van der Waals surface area contributed by atoms with Gasteiger partial charge in [-0.25, -0.2) is 9.37 Å². The molecule has 1 aromatic heterocycles. The fourth-order valence-corrected chi connectivity index (χ4v) is 3.28. The number of hydrogen-bond acceptors (Lipinski definition) is 7. The molecule has 0 aliphatic carbocycles. The lowest BCUT2D eigenvalue weighted by Gasteiger charge is -2.10. The van der Waals surface area contributed by atoms with E-state index in [-0.39, 0.29) is 18.0 Å². The van der Waals surface area contributed by atoms with Gasteiger partial charge in [0.25, 0.3) is 0 Å². The lowest BCUT2D eigenvalue weighted by atomic mass is 10.2. The summed E-state index contributed by atoms with van der Waals surface area (Å²) in [4.78, 5) is 14.9.